The lowest BCUT2D eigenvalue weighted by Gasteiger charge is -2.20. The second-order valence-electron chi connectivity index (χ2n) is 8.82. The minimum Gasteiger partial charge on any atom is -0.365 e. The molecule has 1 aliphatic rings. The van der Waals surface area contributed by atoms with E-state index in [0.717, 1.165) is 35.3 Å². The summed E-state index contributed by atoms with van der Waals surface area (Å²) in [4.78, 5) is 26.3. The summed E-state index contributed by atoms with van der Waals surface area (Å²) in [6, 6.07) is 15.2. The molecule has 1 unspecified atom stereocenters. The molecular formula is C26H29N3O4S2. The Hall–Kier alpha value is -3.01. The number of benzene rings is 2. The fraction of sp³-hybridized carbons (Fsp3) is 0.308. The van der Waals surface area contributed by atoms with Gasteiger partial charge in [0.05, 0.1) is 10.5 Å². The van der Waals surface area contributed by atoms with Crippen LogP contribution in [0.1, 0.15) is 57.0 Å². The van der Waals surface area contributed by atoms with E-state index < -0.39 is 21.8 Å². The zero-order valence-corrected chi connectivity index (χ0v) is 21.4. The molecule has 0 saturated heterocycles. The van der Waals surface area contributed by atoms with Crippen LogP contribution in [0.25, 0.3) is 0 Å². The molecule has 3 N–H and O–H groups in total. The van der Waals surface area contributed by atoms with Gasteiger partial charge in [-0.05, 0) is 60.6 Å². The van der Waals surface area contributed by atoms with Crippen molar-refractivity contribution in [1.82, 2.24) is 4.31 Å². The fourth-order valence-electron chi connectivity index (χ4n) is 4.36. The van der Waals surface area contributed by atoms with Crippen molar-refractivity contribution in [3.63, 3.8) is 0 Å². The van der Waals surface area contributed by atoms with Gasteiger partial charge in [0.25, 0.3) is 11.8 Å². The van der Waals surface area contributed by atoms with Crippen LogP contribution in [-0.2, 0) is 29.4 Å². The van der Waals surface area contributed by atoms with E-state index in [9.17, 15) is 18.0 Å². The number of hydrogen-bond donors (Lipinski definition) is 2. The molecule has 1 atom stereocenters. The maximum absolute atomic E-state index is 13.2. The van der Waals surface area contributed by atoms with Crippen LogP contribution in [-0.4, -0.2) is 31.1 Å². The number of sulfonamides is 1. The highest BCUT2D eigenvalue weighted by Gasteiger charge is 2.28. The van der Waals surface area contributed by atoms with Crippen molar-refractivity contribution in [2.24, 2.45) is 11.7 Å². The van der Waals surface area contributed by atoms with Crippen LogP contribution in [0.5, 0.6) is 0 Å². The largest absolute Gasteiger partial charge is 0.365 e. The van der Waals surface area contributed by atoms with E-state index in [1.165, 1.54) is 39.9 Å². The predicted octanol–water partition coefficient (Wildman–Crippen LogP) is 4.43. The molecule has 0 radical (unpaired) electrons. The first-order valence-electron chi connectivity index (χ1n) is 11.6. The Kier molecular flexibility index (Phi) is 7.39. The summed E-state index contributed by atoms with van der Waals surface area (Å²) in [7, 11) is -3.73. The van der Waals surface area contributed by atoms with Crippen molar-refractivity contribution in [3.8, 4) is 0 Å². The lowest BCUT2D eigenvalue weighted by Crippen LogP contribution is -2.30. The molecule has 2 aromatic carbocycles. The number of rotatable bonds is 8. The van der Waals surface area contributed by atoms with Crippen LogP contribution in [0.4, 0.5) is 5.00 Å². The van der Waals surface area contributed by atoms with Gasteiger partial charge in [0.1, 0.15) is 5.00 Å². The van der Waals surface area contributed by atoms with Crippen molar-refractivity contribution in [2.45, 2.75) is 44.6 Å². The fourth-order valence-corrected chi connectivity index (χ4v) is 7.20. The van der Waals surface area contributed by atoms with Crippen LogP contribution in [0.3, 0.4) is 0 Å². The minimum absolute atomic E-state index is 0.116. The summed E-state index contributed by atoms with van der Waals surface area (Å²) in [5.41, 5.74) is 8.17. The highest BCUT2D eigenvalue weighted by Crippen LogP contribution is 2.39. The van der Waals surface area contributed by atoms with E-state index in [-0.39, 0.29) is 11.4 Å². The number of nitrogens with one attached hydrogen (secondary N) is 1. The highest BCUT2D eigenvalue weighted by atomic mass is 32.2. The zero-order chi connectivity index (χ0) is 25.2. The third-order valence-electron chi connectivity index (χ3n) is 6.29. The van der Waals surface area contributed by atoms with Crippen molar-refractivity contribution >= 4 is 38.2 Å². The number of fused-ring (bicyclic) bond motifs is 1. The topological polar surface area (TPSA) is 110 Å². The van der Waals surface area contributed by atoms with Gasteiger partial charge in [0, 0.05) is 23.5 Å². The summed E-state index contributed by atoms with van der Waals surface area (Å²) in [6.07, 6.45) is 2.61. The zero-order valence-electron chi connectivity index (χ0n) is 19.8. The van der Waals surface area contributed by atoms with Crippen LogP contribution in [0, 0.1) is 5.92 Å². The number of carbonyl (C=O) groups is 2. The molecule has 2 amide bonds. The van der Waals surface area contributed by atoms with E-state index in [4.69, 9.17) is 5.73 Å². The lowest BCUT2D eigenvalue weighted by molar-refractivity contribution is 0.1000. The monoisotopic (exact) mass is 511 g/mol. The minimum atomic E-state index is -3.73. The summed E-state index contributed by atoms with van der Waals surface area (Å²) in [5, 5.41) is 3.28. The third-order valence-corrected chi connectivity index (χ3v) is 9.40. The van der Waals surface area contributed by atoms with Crippen molar-refractivity contribution in [1.29, 1.82) is 0 Å². The molecular weight excluding hydrogens is 482 g/mol. The Balaban J connectivity index is 1.53. The van der Waals surface area contributed by atoms with E-state index >= 15 is 0 Å². The van der Waals surface area contributed by atoms with Gasteiger partial charge in [0.2, 0.25) is 10.0 Å². The van der Waals surface area contributed by atoms with Gasteiger partial charge in [0.15, 0.2) is 0 Å². The van der Waals surface area contributed by atoms with Gasteiger partial charge in [-0.1, -0.05) is 44.2 Å². The maximum Gasteiger partial charge on any atom is 0.256 e. The highest BCUT2D eigenvalue weighted by molar-refractivity contribution is 7.89. The maximum atomic E-state index is 13.2. The van der Waals surface area contributed by atoms with Gasteiger partial charge in [-0.15, -0.1) is 11.3 Å². The van der Waals surface area contributed by atoms with Gasteiger partial charge in [-0.3, -0.25) is 9.59 Å². The van der Waals surface area contributed by atoms with E-state index in [2.05, 4.69) is 12.2 Å². The van der Waals surface area contributed by atoms with Gasteiger partial charge in [-0.25, -0.2) is 8.42 Å². The van der Waals surface area contributed by atoms with Crippen LogP contribution in [0.15, 0.2) is 59.5 Å². The molecule has 1 heterocycles. The van der Waals surface area contributed by atoms with E-state index in [1.807, 2.05) is 30.3 Å². The van der Waals surface area contributed by atoms with Gasteiger partial charge >= 0.3 is 0 Å². The standard InChI is InChI=1S/C26H29N3O4S2/c1-3-29(16-18-7-5-4-6-8-18)35(32,33)20-12-10-19(11-13-20)25(31)28-26-23(24(27)30)21-14-9-17(2)15-22(21)34-26/h4-8,10-13,17H,3,9,14-16H2,1-2H3,(H2,27,30)(H,28,31). The number of nitrogens with zero attached hydrogens (tertiary/aromatic N) is 1. The molecule has 3 aromatic rings. The number of nitrogens with two attached hydrogens (primary N) is 1. The van der Waals surface area contributed by atoms with Crippen LogP contribution in [0.2, 0.25) is 0 Å². The summed E-state index contributed by atoms with van der Waals surface area (Å²) in [6.45, 7) is 4.54. The molecule has 4 rings (SSSR count). The van der Waals surface area contributed by atoms with Crippen molar-refractivity contribution in [3.05, 3.63) is 81.7 Å². The Morgan fingerprint density at radius 2 is 1.80 bits per heavy atom. The van der Waals surface area contributed by atoms with Crippen LogP contribution < -0.4 is 11.1 Å². The van der Waals surface area contributed by atoms with E-state index in [1.54, 1.807) is 6.92 Å². The third kappa shape index (κ3) is 5.32. The average molecular weight is 512 g/mol. The van der Waals surface area contributed by atoms with Crippen molar-refractivity contribution < 1.29 is 18.0 Å². The van der Waals surface area contributed by atoms with Crippen LogP contribution >= 0.6 is 11.3 Å². The second kappa shape index (κ2) is 10.3. The number of thiophene rings is 1. The normalized spacial score (nSPS) is 15.6. The first kappa shape index (κ1) is 25.1. The molecule has 0 fully saturated rings. The smallest absolute Gasteiger partial charge is 0.256 e. The summed E-state index contributed by atoms with van der Waals surface area (Å²) < 4.78 is 27.7. The first-order chi connectivity index (χ1) is 16.7. The Morgan fingerprint density at radius 1 is 1.11 bits per heavy atom. The molecule has 1 aromatic heterocycles. The van der Waals surface area contributed by atoms with Gasteiger partial charge in [-0.2, -0.15) is 4.31 Å². The Bertz CT molecular complexity index is 1330. The van der Waals surface area contributed by atoms with Gasteiger partial charge < -0.3 is 11.1 Å². The quantitative estimate of drug-likeness (QED) is 0.466. The molecule has 1 aliphatic carbocycles. The Morgan fingerprint density at radius 3 is 2.43 bits per heavy atom. The molecule has 0 aliphatic heterocycles. The number of carbonyl (C=O) groups excluding carboxylic acids is 2. The molecule has 0 bridgehead atoms. The number of primary amides is 1. The number of hydrogen-bond acceptors (Lipinski definition) is 5. The molecule has 7 nitrogen and oxygen atoms in total. The molecule has 0 spiro atoms. The average Bonchev–Trinajstić information content (AvgIpc) is 3.20. The van der Waals surface area contributed by atoms with Crippen molar-refractivity contribution in [2.75, 3.05) is 11.9 Å². The number of amides is 2. The number of anilines is 1. The summed E-state index contributed by atoms with van der Waals surface area (Å²) >= 11 is 1.40. The molecule has 184 valence electrons. The lowest BCUT2D eigenvalue weighted by atomic mass is 9.88. The molecule has 9 heteroatoms. The summed E-state index contributed by atoms with van der Waals surface area (Å²) in [5.74, 6) is -0.448. The Labute approximate surface area is 210 Å². The molecule has 0 saturated carbocycles. The predicted molar refractivity (Wildman–Crippen MR) is 138 cm³/mol. The SMILES string of the molecule is CCN(Cc1ccccc1)S(=O)(=O)c1ccc(C(=O)Nc2sc3c(c2C(N)=O)CCC(C)C3)cc1. The second-order valence-corrected chi connectivity index (χ2v) is 11.9. The molecule has 35 heavy (non-hydrogen) atoms. The first-order valence-corrected chi connectivity index (χ1v) is 13.9. The van der Waals surface area contributed by atoms with E-state index in [0.29, 0.717) is 28.6 Å².